The molecule has 172 valence electrons. The number of guanidine groups is 1. The number of halogens is 1. The number of carbonyl (C=O) groups excluding carboxylic acids is 1. The first-order chi connectivity index (χ1) is 15.5. The van der Waals surface area contributed by atoms with Crippen molar-refractivity contribution in [1.29, 1.82) is 0 Å². The van der Waals surface area contributed by atoms with E-state index in [2.05, 4.69) is 20.9 Å². The Morgan fingerprint density at radius 3 is 2.91 bits per heavy atom. The number of nitrogens with zero attached hydrogens (tertiary/aromatic N) is 3. The number of anilines is 2. The first-order valence-electron chi connectivity index (χ1n) is 11.3. The topological polar surface area (TPSA) is 81.6 Å². The van der Waals surface area contributed by atoms with E-state index in [1.165, 1.54) is 6.07 Å². The predicted molar refractivity (Wildman–Crippen MR) is 127 cm³/mol. The van der Waals surface area contributed by atoms with E-state index in [1.807, 2.05) is 49.9 Å². The maximum atomic E-state index is 14.0. The highest BCUT2D eigenvalue weighted by Gasteiger charge is 2.25. The quantitative estimate of drug-likeness (QED) is 0.432. The smallest absolute Gasteiger partial charge is 0.227 e. The van der Waals surface area contributed by atoms with Crippen molar-refractivity contribution in [2.45, 2.75) is 46.2 Å². The van der Waals surface area contributed by atoms with E-state index in [1.54, 1.807) is 12.3 Å². The average Bonchev–Trinajstić information content (AvgIpc) is 3.25. The fourth-order valence-corrected chi connectivity index (χ4v) is 3.56. The lowest BCUT2D eigenvalue weighted by atomic mass is 10.1. The van der Waals surface area contributed by atoms with Crippen molar-refractivity contribution in [3.63, 3.8) is 0 Å². The number of aromatic nitrogens is 1. The minimum absolute atomic E-state index is 0.0215. The van der Waals surface area contributed by atoms with Crippen molar-refractivity contribution in [2.24, 2.45) is 10.9 Å². The molecule has 0 radical (unpaired) electrons. The summed E-state index contributed by atoms with van der Waals surface area (Å²) < 4.78 is 14.0. The van der Waals surface area contributed by atoms with Gasteiger partial charge in [-0.25, -0.2) is 14.4 Å². The number of nitrogens with one attached hydrogen (secondary N) is 3. The highest BCUT2D eigenvalue weighted by atomic mass is 19.1. The van der Waals surface area contributed by atoms with Gasteiger partial charge in [0.05, 0.1) is 6.54 Å². The van der Waals surface area contributed by atoms with Crippen molar-refractivity contribution >= 4 is 23.4 Å². The third-order valence-electron chi connectivity index (χ3n) is 5.59. The molecule has 1 amide bonds. The van der Waals surface area contributed by atoms with Crippen LogP contribution in [0.5, 0.6) is 0 Å². The number of aliphatic imine (C=N–C) groups is 1. The molecule has 3 N–H and O–H groups in total. The van der Waals surface area contributed by atoms with Crippen LogP contribution in [0.25, 0.3) is 0 Å². The summed E-state index contributed by atoms with van der Waals surface area (Å²) in [6.45, 7) is 8.56. The third kappa shape index (κ3) is 6.42. The van der Waals surface area contributed by atoms with Gasteiger partial charge < -0.3 is 20.9 Å². The summed E-state index contributed by atoms with van der Waals surface area (Å²) in [4.78, 5) is 23.0. The van der Waals surface area contributed by atoms with Gasteiger partial charge >= 0.3 is 0 Å². The molecule has 3 rings (SSSR count). The van der Waals surface area contributed by atoms with Gasteiger partial charge in [-0.2, -0.15) is 0 Å². The molecule has 1 saturated heterocycles. The molecule has 2 atom stereocenters. The van der Waals surface area contributed by atoms with E-state index < -0.39 is 0 Å². The Morgan fingerprint density at radius 1 is 1.31 bits per heavy atom. The molecule has 2 unspecified atom stereocenters. The van der Waals surface area contributed by atoms with Crippen molar-refractivity contribution in [3.05, 3.63) is 54.0 Å². The summed E-state index contributed by atoms with van der Waals surface area (Å²) in [7, 11) is 0. The second-order valence-electron chi connectivity index (χ2n) is 8.08. The monoisotopic (exact) mass is 440 g/mol. The van der Waals surface area contributed by atoms with Crippen LogP contribution in [-0.2, 0) is 11.3 Å². The maximum absolute atomic E-state index is 14.0. The summed E-state index contributed by atoms with van der Waals surface area (Å²) >= 11 is 0. The Balaban J connectivity index is 1.60. The molecule has 1 aliphatic heterocycles. The Morgan fingerprint density at radius 2 is 2.16 bits per heavy atom. The van der Waals surface area contributed by atoms with Crippen LogP contribution in [0.4, 0.5) is 15.9 Å². The highest BCUT2D eigenvalue weighted by molar-refractivity contribution is 5.92. The first-order valence-corrected chi connectivity index (χ1v) is 11.3. The van der Waals surface area contributed by atoms with Gasteiger partial charge in [-0.15, -0.1) is 0 Å². The molecule has 2 aromatic rings. The number of hydrogen-bond acceptors (Lipinski definition) is 4. The normalized spacial score (nSPS) is 17.2. The molecular weight excluding hydrogens is 407 g/mol. The van der Waals surface area contributed by atoms with E-state index in [0.29, 0.717) is 18.9 Å². The molecule has 8 heteroatoms. The molecular formula is C24H33FN6O. The summed E-state index contributed by atoms with van der Waals surface area (Å²) in [5.41, 5.74) is 1.79. The third-order valence-corrected chi connectivity index (χ3v) is 5.59. The van der Waals surface area contributed by atoms with Crippen LogP contribution in [0.3, 0.4) is 0 Å². The Labute approximate surface area is 189 Å². The number of rotatable bonds is 8. The number of benzene rings is 1. The molecule has 32 heavy (non-hydrogen) atoms. The van der Waals surface area contributed by atoms with Crippen LogP contribution in [0.15, 0.2) is 47.6 Å². The zero-order valence-corrected chi connectivity index (χ0v) is 19.1. The zero-order valence-electron chi connectivity index (χ0n) is 19.1. The Hall–Kier alpha value is -3.16. The van der Waals surface area contributed by atoms with Gasteiger partial charge in [0.1, 0.15) is 0 Å². The second kappa shape index (κ2) is 11.5. The summed E-state index contributed by atoms with van der Waals surface area (Å²) in [6.07, 6.45) is 3.29. The summed E-state index contributed by atoms with van der Waals surface area (Å²) in [5.74, 6) is 0.823. The van der Waals surface area contributed by atoms with Gasteiger partial charge in [-0.3, -0.25) is 4.79 Å². The summed E-state index contributed by atoms with van der Waals surface area (Å²) in [5, 5.41) is 9.70. The second-order valence-corrected chi connectivity index (χ2v) is 8.08. The fraction of sp³-hybridized carbons (Fsp3) is 0.458. The van der Waals surface area contributed by atoms with Crippen molar-refractivity contribution < 1.29 is 9.18 Å². The van der Waals surface area contributed by atoms with E-state index >= 15 is 0 Å². The molecule has 0 bridgehead atoms. The maximum Gasteiger partial charge on any atom is 0.227 e. The van der Waals surface area contributed by atoms with E-state index in [0.717, 1.165) is 43.1 Å². The highest BCUT2D eigenvalue weighted by Crippen LogP contribution is 2.21. The molecule has 0 spiro atoms. The van der Waals surface area contributed by atoms with Gasteiger partial charge in [0.15, 0.2) is 17.6 Å². The van der Waals surface area contributed by atoms with Gasteiger partial charge in [0, 0.05) is 43.5 Å². The van der Waals surface area contributed by atoms with Gasteiger partial charge in [0.25, 0.3) is 0 Å². The summed E-state index contributed by atoms with van der Waals surface area (Å²) in [6, 6.07) is 10.9. The number of pyridine rings is 1. The van der Waals surface area contributed by atoms with Crippen LogP contribution in [-0.4, -0.2) is 42.5 Å². The minimum atomic E-state index is -0.297. The molecule has 1 aliphatic rings. The largest absolute Gasteiger partial charge is 0.357 e. The minimum Gasteiger partial charge on any atom is -0.357 e. The molecule has 0 saturated carbocycles. The van der Waals surface area contributed by atoms with Gasteiger partial charge in [-0.05, 0) is 49.6 Å². The standard InChI is InChI=1S/C24H33FN6O/c1-4-17(3)23(32)29-19-9-6-8-18(14-19)15-28-24(26-5-2)30-20-11-13-31(16-20)22-21(25)10-7-12-27-22/h6-10,12,14,17,20H,4-5,11,13,15-16H2,1-3H3,(H,29,32)(H2,26,28,30). The molecule has 7 nitrogen and oxygen atoms in total. The number of carbonyl (C=O) groups is 1. The van der Waals surface area contributed by atoms with Gasteiger partial charge in [-0.1, -0.05) is 26.0 Å². The van der Waals surface area contributed by atoms with E-state index in [-0.39, 0.29) is 23.7 Å². The van der Waals surface area contributed by atoms with Crippen LogP contribution < -0.4 is 20.9 Å². The van der Waals surface area contributed by atoms with E-state index in [9.17, 15) is 9.18 Å². The van der Waals surface area contributed by atoms with E-state index in [4.69, 9.17) is 4.99 Å². The van der Waals surface area contributed by atoms with Gasteiger partial charge in [0.2, 0.25) is 5.91 Å². The Kier molecular flexibility index (Phi) is 8.41. The lowest BCUT2D eigenvalue weighted by molar-refractivity contribution is -0.119. The lowest BCUT2D eigenvalue weighted by Crippen LogP contribution is -2.44. The lowest BCUT2D eigenvalue weighted by Gasteiger charge is -2.20. The predicted octanol–water partition coefficient (Wildman–Crippen LogP) is 3.54. The molecule has 2 heterocycles. The van der Waals surface area contributed by atoms with Crippen LogP contribution in [0.2, 0.25) is 0 Å². The molecule has 0 aliphatic carbocycles. The SMILES string of the molecule is CCNC(=NCc1cccc(NC(=O)C(C)CC)c1)NC1CCN(c2ncccc2F)C1. The first kappa shape index (κ1) is 23.5. The van der Waals surface area contributed by atoms with Crippen LogP contribution in [0.1, 0.15) is 39.2 Å². The van der Waals surface area contributed by atoms with Crippen molar-refractivity contribution in [2.75, 3.05) is 29.9 Å². The zero-order chi connectivity index (χ0) is 22.9. The van der Waals surface area contributed by atoms with Crippen molar-refractivity contribution in [1.82, 2.24) is 15.6 Å². The number of hydrogen-bond donors (Lipinski definition) is 3. The molecule has 1 fully saturated rings. The number of amides is 1. The van der Waals surface area contributed by atoms with Crippen molar-refractivity contribution in [3.8, 4) is 0 Å². The average molecular weight is 441 g/mol. The molecule has 1 aromatic carbocycles. The molecule has 1 aromatic heterocycles. The van der Waals surface area contributed by atoms with Crippen LogP contribution >= 0.6 is 0 Å². The fourth-order valence-electron chi connectivity index (χ4n) is 3.56. The van der Waals surface area contributed by atoms with Crippen LogP contribution in [0, 0.1) is 11.7 Å². The Bertz CT molecular complexity index is 934.